The van der Waals surface area contributed by atoms with Gasteiger partial charge in [-0.1, -0.05) is 20.8 Å². The highest BCUT2D eigenvalue weighted by Crippen LogP contribution is 2.62. The van der Waals surface area contributed by atoms with Crippen molar-refractivity contribution in [2.45, 2.75) is 71.5 Å². The lowest BCUT2D eigenvalue weighted by molar-refractivity contribution is -0.196. The molecule has 0 amide bonds. The summed E-state index contributed by atoms with van der Waals surface area (Å²) in [5.41, 5.74) is -1.31. The summed E-state index contributed by atoms with van der Waals surface area (Å²) < 4.78 is 16.9. The highest BCUT2D eigenvalue weighted by molar-refractivity contribution is 8.02. The summed E-state index contributed by atoms with van der Waals surface area (Å²) in [6, 6.07) is 0. The SMILES string of the molecule is CO[C@H]1OC(=O)/C(=C\SC(C)C)C2=C(O)C(=O)C3=C([C@H](OC(C)=O)C[C@]4(C)C(=O)CC[C@@H]34)[C@]21C. The third-order valence-corrected chi connectivity index (χ3v) is 8.48. The second-order valence-electron chi connectivity index (χ2n) is 10.0. The number of ether oxygens (including phenoxy) is 3. The average Bonchev–Trinajstić information content (AvgIpc) is 3.04. The number of rotatable bonds is 4. The number of fused-ring (bicyclic) bond motifs is 4. The van der Waals surface area contributed by atoms with Crippen LogP contribution in [0.4, 0.5) is 0 Å². The fourth-order valence-corrected chi connectivity index (χ4v) is 6.71. The first kappa shape index (κ1) is 24.7. The highest BCUT2D eigenvalue weighted by atomic mass is 32.2. The number of aliphatic hydroxyl groups excluding tert-OH is 1. The average molecular weight is 491 g/mol. The van der Waals surface area contributed by atoms with Crippen molar-refractivity contribution in [2.24, 2.45) is 16.7 Å². The van der Waals surface area contributed by atoms with Gasteiger partial charge in [0.2, 0.25) is 12.1 Å². The number of allylic oxidation sites excluding steroid dienone is 1. The third-order valence-electron chi connectivity index (χ3n) is 7.57. The fraction of sp³-hybridized carbons (Fsp3) is 0.600. The summed E-state index contributed by atoms with van der Waals surface area (Å²) in [6.07, 6.45) is -1.13. The van der Waals surface area contributed by atoms with Gasteiger partial charge in [0.15, 0.2) is 5.76 Å². The molecule has 0 bridgehead atoms. The molecule has 4 rings (SSSR count). The quantitative estimate of drug-likeness (QED) is 0.466. The largest absolute Gasteiger partial charge is 0.504 e. The van der Waals surface area contributed by atoms with Gasteiger partial charge in [0.25, 0.3) is 0 Å². The van der Waals surface area contributed by atoms with Crippen LogP contribution in [0.5, 0.6) is 0 Å². The molecule has 1 N–H and O–H groups in total. The van der Waals surface area contributed by atoms with Crippen molar-refractivity contribution >= 4 is 35.3 Å². The second-order valence-corrected chi connectivity index (χ2v) is 11.5. The van der Waals surface area contributed by atoms with Gasteiger partial charge in [-0.05, 0) is 24.3 Å². The number of ketones is 2. The van der Waals surface area contributed by atoms with Gasteiger partial charge in [0, 0.05) is 54.6 Å². The van der Waals surface area contributed by atoms with E-state index in [0.717, 1.165) is 0 Å². The van der Waals surface area contributed by atoms with Gasteiger partial charge < -0.3 is 19.3 Å². The third kappa shape index (κ3) is 3.39. The van der Waals surface area contributed by atoms with Gasteiger partial charge >= 0.3 is 11.9 Å². The summed E-state index contributed by atoms with van der Waals surface area (Å²) in [7, 11) is 1.37. The van der Waals surface area contributed by atoms with Crippen LogP contribution in [-0.4, -0.2) is 53.4 Å². The molecule has 0 unspecified atom stereocenters. The molecule has 5 atom stereocenters. The summed E-state index contributed by atoms with van der Waals surface area (Å²) in [5, 5.41) is 13.0. The molecule has 1 aliphatic heterocycles. The fourth-order valence-electron chi connectivity index (χ4n) is 6.09. The number of carbonyl (C=O) groups is 4. The first-order valence-corrected chi connectivity index (χ1v) is 12.3. The molecule has 9 heteroatoms. The number of carbonyl (C=O) groups excluding carboxylic acids is 4. The maximum atomic E-state index is 13.7. The molecule has 34 heavy (non-hydrogen) atoms. The minimum absolute atomic E-state index is 0.000651. The topological polar surface area (TPSA) is 116 Å². The summed E-state index contributed by atoms with van der Waals surface area (Å²) in [6.45, 7) is 8.68. The van der Waals surface area contributed by atoms with Crippen molar-refractivity contribution in [1.29, 1.82) is 0 Å². The van der Waals surface area contributed by atoms with Crippen molar-refractivity contribution in [3.63, 3.8) is 0 Å². The molecule has 4 aliphatic rings. The molecule has 0 aromatic rings. The molecule has 0 radical (unpaired) electrons. The Kier molecular flexibility index (Phi) is 6.09. The van der Waals surface area contributed by atoms with Crippen molar-refractivity contribution in [3.8, 4) is 0 Å². The zero-order valence-corrected chi connectivity index (χ0v) is 21.0. The molecule has 0 aromatic carbocycles. The van der Waals surface area contributed by atoms with Crippen molar-refractivity contribution in [1.82, 2.24) is 0 Å². The molecule has 3 aliphatic carbocycles. The van der Waals surface area contributed by atoms with E-state index < -0.39 is 52.6 Å². The number of cyclic esters (lactones) is 1. The lowest BCUT2D eigenvalue weighted by atomic mass is 9.54. The number of hydrogen-bond acceptors (Lipinski definition) is 9. The molecule has 184 valence electrons. The Morgan fingerprint density at radius 3 is 2.53 bits per heavy atom. The van der Waals surface area contributed by atoms with Crippen LogP contribution in [0, 0.1) is 16.7 Å². The maximum Gasteiger partial charge on any atom is 0.341 e. The predicted octanol–water partition coefficient (Wildman–Crippen LogP) is 3.56. The maximum absolute atomic E-state index is 13.7. The molecule has 1 saturated heterocycles. The Hall–Kier alpha value is -2.39. The molecule has 0 spiro atoms. The lowest BCUT2D eigenvalue weighted by Gasteiger charge is -2.52. The summed E-state index contributed by atoms with van der Waals surface area (Å²) in [5.74, 6) is -2.91. The van der Waals surface area contributed by atoms with E-state index in [0.29, 0.717) is 18.4 Å². The molecule has 1 saturated carbocycles. The van der Waals surface area contributed by atoms with Gasteiger partial charge in [0.1, 0.15) is 11.9 Å². The van der Waals surface area contributed by atoms with Crippen LogP contribution in [0.3, 0.4) is 0 Å². The number of esters is 2. The molecule has 2 fully saturated rings. The number of thioether (sulfide) groups is 1. The van der Waals surface area contributed by atoms with E-state index in [-0.39, 0.29) is 34.2 Å². The van der Waals surface area contributed by atoms with E-state index in [1.165, 1.54) is 25.8 Å². The van der Waals surface area contributed by atoms with Crippen LogP contribution in [0.25, 0.3) is 0 Å². The van der Waals surface area contributed by atoms with Gasteiger partial charge in [0.05, 0.1) is 11.0 Å². The standard InChI is InChI=1S/C25H30O8S/c1-11(2)34-10-13-18-21(29)20(28)17-14-7-8-16(27)24(14,4)9-15(32-12(3)26)19(17)25(18,5)23(31-6)33-22(13)30/h10-11,14-15,23,29H,7-9H2,1-6H3/b13-10-/t14-,15+,23-,24-,25-/m0/s1. The summed E-state index contributed by atoms with van der Waals surface area (Å²) in [4.78, 5) is 51.7. The molecule has 1 heterocycles. The Morgan fingerprint density at radius 2 is 1.94 bits per heavy atom. The lowest BCUT2D eigenvalue weighted by Crippen LogP contribution is -2.56. The number of hydrogen-bond donors (Lipinski definition) is 1. The first-order chi connectivity index (χ1) is 15.9. The second kappa shape index (κ2) is 8.37. The highest BCUT2D eigenvalue weighted by Gasteiger charge is 2.64. The first-order valence-electron chi connectivity index (χ1n) is 11.4. The molecular formula is C25H30O8S. The minimum atomic E-state index is -1.30. The van der Waals surface area contributed by atoms with Gasteiger partial charge in [-0.2, -0.15) is 0 Å². The monoisotopic (exact) mass is 490 g/mol. The normalized spacial score (nSPS) is 36.5. The van der Waals surface area contributed by atoms with Crippen LogP contribution in [0.1, 0.15) is 53.9 Å². The summed E-state index contributed by atoms with van der Waals surface area (Å²) >= 11 is 1.36. The van der Waals surface area contributed by atoms with Crippen LogP contribution < -0.4 is 0 Å². The van der Waals surface area contributed by atoms with Gasteiger partial charge in [-0.3, -0.25) is 14.4 Å². The Morgan fingerprint density at radius 1 is 1.26 bits per heavy atom. The molecule has 8 nitrogen and oxygen atoms in total. The van der Waals surface area contributed by atoms with Gasteiger partial charge in [-0.25, -0.2) is 4.79 Å². The Labute approximate surface area is 202 Å². The van der Waals surface area contributed by atoms with E-state index >= 15 is 0 Å². The van der Waals surface area contributed by atoms with Crippen LogP contribution in [-0.2, 0) is 33.4 Å². The molecule has 0 aromatic heterocycles. The number of aliphatic hydroxyl groups is 1. The number of Topliss-reactive ketones (excluding diaryl/α,β-unsaturated/α-hetero) is 2. The molecular weight excluding hydrogens is 460 g/mol. The Bertz CT molecular complexity index is 1080. The van der Waals surface area contributed by atoms with Gasteiger partial charge in [-0.15, -0.1) is 11.8 Å². The minimum Gasteiger partial charge on any atom is -0.504 e. The van der Waals surface area contributed by atoms with Crippen LogP contribution >= 0.6 is 11.8 Å². The van der Waals surface area contributed by atoms with E-state index in [4.69, 9.17) is 14.2 Å². The van der Waals surface area contributed by atoms with Crippen molar-refractivity contribution in [2.75, 3.05) is 7.11 Å². The van der Waals surface area contributed by atoms with Crippen LogP contribution in [0.2, 0.25) is 0 Å². The zero-order valence-electron chi connectivity index (χ0n) is 20.2. The van der Waals surface area contributed by atoms with E-state index in [1.807, 2.05) is 13.8 Å². The van der Waals surface area contributed by atoms with E-state index in [2.05, 4.69) is 0 Å². The van der Waals surface area contributed by atoms with Crippen LogP contribution in [0.15, 0.2) is 33.5 Å². The Balaban J connectivity index is 2.01. The van der Waals surface area contributed by atoms with E-state index in [1.54, 1.807) is 19.3 Å². The zero-order chi connectivity index (χ0) is 25.2. The van der Waals surface area contributed by atoms with E-state index in [9.17, 15) is 24.3 Å². The predicted molar refractivity (Wildman–Crippen MR) is 124 cm³/mol. The van der Waals surface area contributed by atoms with Crippen molar-refractivity contribution in [3.05, 3.63) is 33.5 Å². The smallest absolute Gasteiger partial charge is 0.341 e. The number of methoxy groups -OCH3 is 1. The van der Waals surface area contributed by atoms with Crippen molar-refractivity contribution < 1.29 is 38.5 Å².